The zero-order valence-corrected chi connectivity index (χ0v) is 27.5. The Morgan fingerprint density at radius 2 is 1.65 bits per heavy atom. The molecule has 5 heteroatoms. The van der Waals surface area contributed by atoms with Crippen molar-refractivity contribution in [3.05, 3.63) is 23.3 Å². The first kappa shape index (κ1) is 34.0. The molecular weight excluding hydrogens is 498 g/mol. The van der Waals surface area contributed by atoms with E-state index in [9.17, 15) is 19.6 Å². The number of Topliss-reactive ketones (excluding diaryl/α,β-unsaturated/α-hetero) is 1. The molecule has 0 spiro atoms. The van der Waals surface area contributed by atoms with Crippen LogP contribution in [0.25, 0.3) is 0 Å². The van der Waals surface area contributed by atoms with Crippen molar-refractivity contribution in [2.75, 3.05) is 7.11 Å². The molecule has 1 saturated carbocycles. The number of ketones is 2. The number of hydrogen-bond acceptors (Lipinski definition) is 5. The van der Waals surface area contributed by atoms with E-state index in [4.69, 9.17) is 4.74 Å². The predicted molar refractivity (Wildman–Crippen MR) is 161 cm³/mol. The van der Waals surface area contributed by atoms with Crippen molar-refractivity contribution in [3.8, 4) is 6.07 Å². The Morgan fingerprint density at radius 1 is 1.07 bits per heavy atom. The molecule has 0 aliphatic heterocycles. The monoisotopic (exact) mass is 553 g/mol. The molecule has 5 nitrogen and oxygen atoms in total. The van der Waals surface area contributed by atoms with Gasteiger partial charge in [0.25, 0.3) is 0 Å². The first-order valence-corrected chi connectivity index (χ1v) is 15.1. The molecule has 0 aromatic carbocycles. The van der Waals surface area contributed by atoms with E-state index in [0.717, 1.165) is 50.5 Å². The molecule has 0 aromatic rings. The van der Waals surface area contributed by atoms with E-state index in [0.29, 0.717) is 6.42 Å². The number of ether oxygens (including phenoxy) is 1. The fourth-order valence-electron chi connectivity index (χ4n) is 7.54. The topological polar surface area (TPSA) is 84.2 Å². The second-order valence-corrected chi connectivity index (χ2v) is 15.6. The smallest absolute Gasteiger partial charge is 0.306 e. The Kier molecular flexibility index (Phi) is 9.83. The first-order valence-electron chi connectivity index (χ1n) is 15.1. The summed E-state index contributed by atoms with van der Waals surface area (Å²) < 4.78 is 5.11. The van der Waals surface area contributed by atoms with Crippen molar-refractivity contribution in [1.82, 2.24) is 0 Å². The lowest BCUT2D eigenvalue weighted by atomic mass is 9.42. The maximum absolute atomic E-state index is 13.2. The van der Waals surface area contributed by atoms with Crippen molar-refractivity contribution in [2.45, 2.75) is 128 Å². The van der Waals surface area contributed by atoms with Gasteiger partial charge in [-0.1, -0.05) is 87.3 Å². The fraction of sp³-hybridized carbons (Fsp3) is 0.771. The first-order chi connectivity index (χ1) is 18.1. The van der Waals surface area contributed by atoms with Gasteiger partial charge in [-0.2, -0.15) is 5.26 Å². The Labute approximate surface area is 244 Å². The van der Waals surface area contributed by atoms with E-state index in [1.165, 1.54) is 7.11 Å². The molecule has 0 aromatic heterocycles. The Balaban J connectivity index is 2.55. The van der Waals surface area contributed by atoms with E-state index < -0.39 is 10.8 Å². The van der Waals surface area contributed by atoms with Crippen LogP contribution in [-0.4, -0.2) is 24.6 Å². The number of hydrogen-bond donors (Lipinski definition) is 0. The molecule has 1 unspecified atom stereocenters. The van der Waals surface area contributed by atoms with Crippen LogP contribution in [0.3, 0.4) is 0 Å². The molecule has 224 valence electrons. The number of allylic oxidation sites excluding steroid dienone is 4. The summed E-state index contributed by atoms with van der Waals surface area (Å²) in [6.07, 6.45) is 10.5. The zero-order chi connectivity index (χ0) is 30.9. The summed E-state index contributed by atoms with van der Waals surface area (Å²) in [4.78, 5) is 38.4. The number of carbonyl (C=O) groups excluding carboxylic acids is 3. The van der Waals surface area contributed by atoms with Crippen LogP contribution in [0.15, 0.2) is 23.3 Å². The van der Waals surface area contributed by atoms with Crippen LogP contribution < -0.4 is 0 Å². The highest BCUT2D eigenvalue weighted by atomic mass is 16.5. The van der Waals surface area contributed by atoms with Crippen LogP contribution in [-0.2, 0) is 19.1 Å². The number of carbonyl (C=O) groups is 3. The third kappa shape index (κ3) is 6.47. The molecule has 2 rings (SSSR count). The van der Waals surface area contributed by atoms with Crippen molar-refractivity contribution >= 4 is 17.5 Å². The van der Waals surface area contributed by atoms with Gasteiger partial charge in [0.1, 0.15) is 6.07 Å². The molecule has 0 radical (unpaired) electrons. The number of fused-ring (bicyclic) bond motifs is 1. The molecule has 0 amide bonds. The van der Waals surface area contributed by atoms with Gasteiger partial charge in [0, 0.05) is 10.8 Å². The molecule has 0 saturated heterocycles. The molecule has 2 aliphatic rings. The van der Waals surface area contributed by atoms with Crippen LogP contribution >= 0.6 is 0 Å². The van der Waals surface area contributed by atoms with Crippen LogP contribution in [0.4, 0.5) is 0 Å². The van der Waals surface area contributed by atoms with E-state index >= 15 is 0 Å². The van der Waals surface area contributed by atoms with Gasteiger partial charge in [-0.25, -0.2) is 0 Å². The second kappa shape index (κ2) is 11.6. The van der Waals surface area contributed by atoms with Gasteiger partial charge < -0.3 is 4.74 Å². The molecule has 4 atom stereocenters. The number of nitrogens with zero attached hydrogens (tertiary/aromatic N) is 1. The summed E-state index contributed by atoms with van der Waals surface area (Å²) in [6, 6.07) is 2.16. The lowest BCUT2D eigenvalue weighted by Crippen LogP contribution is -2.55. The average molecular weight is 554 g/mol. The van der Waals surface area contributed by atoms with Crippen LogP contribution in [0.2, 0.25) is 0 Å². The van der Waals surface area contributed by atoms with Crippen molar-refractivity contribution in [3.63, 3.8) is 0 Å². The Bertz CT molecular complexity index is 1120. The third-order valence-corrected chi connectivity index (χ3v) is 11.5. The number of rotatable bonds is 11. The summed E-state index contributed by atoms with van der Waals surface area (Å²) in [5.41, 5.74) is -0.600. The number of esters is 1. The summed E-state index contributed by atoms with van der Waals surface area (Å²) >= 11 is 0. The summed E-state index contributed by atoms with van der Waals surface area (Å²) in [7, 11) is 1.46. The largest absolute Gasteiger partial charge is 0.469 e. The van der Waals surface area contributed by atoms with E-state index in [2.05, 4.69) is 61.5 Å². The van der Waals surface area contributed by atoms with Crippen molar-refractivity contribution in [2.24, 2.45) is 38.4 Å². The van der Waals surface area contributed by atoms with Gasteiger partial charge in [0.2, 0.25) is 0 Å². The van der Waals surface area contributed by atoms with Crippen LogP contribution in [0, 0.1) is 49.7 Å². The summed E-state index contributed by atoms with van der Waals surface area (Å²) in [5, 5.41) is 9.88. The molecule has 0 bridgehead atoms. The SMILES string of the molecule is CCC(C)(C)CC[C@@](C)(CCC(C)(C)[C@]1(C)CCC2C(C)(C)C(=O)C(C#N)=C[C@]2(C)/C1=C/C(C)=O)CC(=O)OC. The highest BCUT2D eigenvalue weighted by molar-refractivity contribution is 6.04. The highest BCUT2D eigenvalue weighted by Gasteiger charge is 2.61. The highest BCUT2D eigenvalue weighted by Crippen LogP contribution is 2.67. The van der Waals surface area contributed by atoms with Gasteiger partial charge >= 0.3 is 5.97 Å². The standard InChI is InChI=1S/C35H55NO4/c1-13-30(3,4)16-18-33(9,22-28(38)40-12)19-17-31(5,6)35(11)15-14-26-32(7,8)29(39)25(23-36)21-34(26,10)27(35)20-24(2)37/h20-21,26H,13-19,22H2,1-12H3/b27-20-/t26?,33-,34-,35+/m0/s1. The third-order valence-electron chi connectivity index (χ3n) is 11.5. The minimum Gasteiger partial charge on any atom is -0.469 e. The molecule has 2 aliphatic carbocycles. The molecular formula is C35H55NO4. The molecule has 1 fully saturated rings. The average Bonchev–Trinajstić information content (AvgIpc) is 2.86. The normalized spacial score (nSPS) is 29.2. The van der Waals surface area contributed by atoms with Gasteiger partial charge in [-0.05, 0) is 79.1 Å². The number of nitriles is 1. The Hall–Kier alpha value is -2.22. The van der Waals surface area contributed by atoms with Gasteiger partial charge in [0.15, 0.2) is 11.6 Å². The lowest BCUT2D eigenvalue weighted by Gasteiger charge is -2.61. The van der Waals surface area contributed by atoms with Crippen molar-refractivity contribution in [1.29, 1.82) is 5.26 Å². The quantitative estimate of drug-likeness (QED) is 0.189. The predicted octanol–water partition coefficient (Wildman–Crippen LogP) is 8.58. The van der Waals surface area contributed by atoms with Gasteiger partial charge in [-0.15, -0.1) is 0 Å². The molecule has 0 N–H and O–H groups in total. The molecule has 40 heavy (non-hydrogen) atoms. The Morgan fingerprint density at radius 3 is 2.15 bits per heavy atom. The number of methoxy groups -OCH3 is 1. The van der Waals surface area contributed by atoms with E-state index in [-0.39, 0.29) is 50.7 Å². The second-order valence-electron chi connectivity index (χ2n) is 15.6. The van der Waals surface area contributed by atoms with Crippen LogP contribution in [0.5, 0.6) is 0 Å². The summed E-state index contributed by atoms with van der Waals surface area (Å²) in [5.74, 6) is -0.289. The van der Waals surface area contributed by atoms with E-state index in [1.807, 2.05) is 19.9 Å². The minimum absolute atomic E-state index is 0.0000551. The molecule has 0 heterocycles. The van der Waals surface area contributed by atoms with Crippen molar-refractivity contribution < 1.29 is 19.1 Å². The van der Waals surface area contributed by atoms with Gasteiger partial charge in [0.05, 0.1) is 19.1 Å². The zero-order valence-electron chi connectivity index (χ0n) is 27.5. The fourth-order valence-corrected chi connectivity index (χ4v) is 7.54. The maximum Gasteiger partial charge on any atom is 0.306 e. The van der Waals surface area contributed by atoms with E-state index in [1.54, 1.807) is 13.0 Å². The van der Waals surface area contributed by atoms with Crippen LogP contribution in [0.1, 0.15) is 128 Å². The maximum atomic E-state index is 13.2. The summed E-state index contributed by atoms with van der Waals surface area (Å²) in [6.45, 7) is 23.5. The van der Waals surface area contributed by atoms with Gasteiger partial charge in [-0.3, -0.25) is 14.4 Å². The lowest BCUT2D eigenvalue weighted by molar-refractivity contribution is -0.144. The minimum atomic E-state index is -0.693.